The molecule has 1 N–H and O–H groups in total. The summed E-state index contributed by atoms with van der Waals surface area (Å²) in [5.41, 5.74) is 4.30. The molecule has 148 valence electrons. The first-order valence-corrected chi connectivity index (χ1v) is 10.3. The van der Waals surface area contributed by atoms with Crippen molar-refractivity contribution in [2.75, 3.05) is 4.90 Å². The van der Waals surface area contributed by atoms with Gasteiger partial charge >= 0.3 is 0 Å². The van der Waals surface area contributed by atoms with Gasteiger partial charge in [-0.15, -0.1) is 0 Å². The number of benzene rings is 1. The smallest absolute Gasteiger partial charge is 0.174 e. The summed E-state index contributed by atoms with van der Waals surface area (Å²) in [6, 6.07) is 24.4. The summed E-state index contributed by atoms with van der Waals surface area (Å²) >= 11 is 5.82. The SMILES string of the molecule is Cc1cccc(N2C(=S)N[C@@H](c3ccccn3)[C@@H]2c2cccn2-c2ccccn2)c1. The third-order valence-corrected chi connectivity index (χ3v) is 5.67. The minimum atomic E-state index is -0.0865. The van der Waals surface area contributed by atoms with E-state index >= 15 is 0 Å². The molecule has 1 saturated heterocycles. The van der Waals surface area contributed by atoms with Gasteiger partial charge in [0, 0.05) is 30.0 Å². The first-order valence-electron chi connectivity index (χ1n) is 9.88. The van der Waals surface area contributed by atoms with Gasteiger partial charge in [-0.05, 0) is 73.2 Å². The molecule has 0 radical (unpaired) electrons. The van der Waals surface area contributed by atoms with Crippen molar-refractivity contribution in [3.05, 3.63) is 108 Å². The van der Waals surface area contributed by atoms with E-state index in [1.54, 1.807) is 0 Å². The third-order valence-electron chi connectivity index (χ3n) is 5.36. The molecule has 0 saturated carbocycles. The molecule has 1 fully saturated rings. The van der Waals surface area contributed by atoms with Crippen LogP contribution in [0.2, 0.25) is 0 Å². The first kappa shape index (κ1) is 18.5. The highest BCUT2D eigenvalue weighted by molar-refractivity contribution is 7.80. The molecule has 0 aliphatic carbocycles. The van der Waals surface area contributed by atoms with Crippen LogP contribution in [0.1, 0.15) is 29.0 Å². The zero-order valence-electron chi connectivity index (χ0n) is 16.5. The van der Waals surface area contributed by atoms with Gasteiger partial charge in [0.1, 0.15) is 11.9 Å². The number of nitrogens with one attached hydrogen (secondary N) is 1. The van der Waals surface area contributed by atoms with Crippen molar-refractivity contribution < 1.29 is 0 Å². The van der Waals surface area contributed by atoms with Crippen LogP contribution in [0, 0.1) is 6.92 Å². The average molecular weight is 412 g/mol. The maximum Gasteiger partial charge on any atom is 0.174 e. The number of pyridine rings is 2. The van der Waals surface area contributed by atoms with Crippen molar-refractivity contribution >= 4 is 23.0 Å². The number of aromatic nitrogens is 3. The molecule has 4 heterocycles. The van der Waals surface area contributed by atoms with Crippen molar-refractivity contribution in [2.45, 2.75) is 19.0 Å². The molecule has 30 heavy (non-hydrogen) atoms. The number of thiocarbonyl (C=S) groups is 1. The van der Waals surface area contributed by atoms with E-state index < -0.39 is 0 Å². The van der Waals surface area contributed by atoms with E-state index in [9.17, 15) is 0 Å². The topological polar surface area (TPSA) is 46.0 Å². The number of hydrogen-bond acceptors (Lipinski definition) is 3. The molecule has 2 atom stereocenters. The Balaban J connectivity index is 1.68. The van der Waals surface area contributed by atoms with Gasteiger partial charge < -0.3 is 14.8 Å². The lowest BCUT2D eigenvalue weighted by Crippen LogP contribution is -2.30. The van der Waals surface area contributed by atoms with E-state index in [1.807, 2.05) is 55.0 Å². The Morgan fingerprint density at radius 2 is 1.73 bits per heavy atom. The minimum absolute atomic E-state index is 0.0776. The highest BCUT2D eigenvalue weighted by atomic mass is 32.1. The molecule has 1 aliphatic rings. The molecule has 3 aromatic heterocycles. The molecule has 1 aromatic carbocycles. The van der Waals surface area contributed by atoms with Crippen LogP contribution in [0.3, 0.4) is 0 Å². The van der Waals surface area contributed by atoms with Crippen molar-refractivity contribution in [3.8, 4) is 5.82 Å². The zero-order chi connectivity index (χ0) is 20.5. The van der Waals surface area contributed by atoms with Crippen molar-refractivity contribution in [1.82, 2.24) is 19.9 Å². The number of aryl methyl sites for hydroxylation is 1. The van der Waals surface area contributed by atoms with Crippen LogP contribution in [0.4, 0.5) is 5.69 Å². The second kappa shape index (κ2) is 7.72. The van der Waals surface area contributed by atoms with E-state index in [1.165, 1.54) is 5.56 Å². The second-order valence-electron chi connectivity index (χ2n) is 7.33. The molecule has 1 aliphatic heterocycles. The number of nitrogens with zero attached hydrogens (tertiary/aromatic N) is 4. The number of hydrogen-bond donors (Lipinski definition) is 1. The van der Waals surface area contributed by atoms with Crippen LogP contribution in [0.25, 0.3) is 5.82 Å². The maximum atomic E-state index is 5.82. The van der Waals surface area contributed by atoms with Gasteiger partial charge in [0.15, 0.2) is 5.11 Å². The summed E-state index contributed by atoms with van der Waals surface area (Å²) in [4.78, 5) is 11.4. The van der Waals surface area contributed by atoms with Crippen LogP contribution >= 0.6 is 12.2 Å². The summed E-state index contributed by atoms with van der Waals surface area (Å²) < 4.78 is 2.12. The van der Waals surface area contributed by atoms with E-state index in [0.29, 0.717) is 5.11 Å². The highest BCUT2D eigenvalue weighted by Crippen LogP contribution is 2.42. The van der Waals surface area contributed by atoms with Crippen molar-refractivity contribution in [2.24, 2.45) is 0 Å². The van der Waals surface area contributed by atoms with Crippen LogP contribution < -0.4 is 10.2 Å². The van der Waals surface area contributed by atoms with Gasteiger partial charge in [-0.25, -0.2) is 4.98 Å². The van der Waals surface area contributed by atoms with Gasteiger partial charge in [0.25, 0.3) is 0 Å². The quantitative estimate of drug-likeness (QED) is 0.491. The Kier molecular flexibility index (Phi) is 4.77. The summed E-state index contributed by atoms with van der Waals surface area (Å²) in [7, 11) is 0. The molecule has 0 spiro atoms. The molecular formula is C24H21N5S. The van der Waals surface area contributed by atoms with E-state index in [4.69, 9.17) is 12.2 Å². The third kappa shape index (κ3) is 3.25. The minimum Gasteiger partial charge on any atom is -0.351 e. The summed E-state index contributed by atoms with van der Waals surface area (Å²) in [6.45, 7) is 2.10. The molecule has 0 amide bonds. The molecule has 0 unspecified atom stereocenters. The highest BCUT2D eigenvalue weighted by Gasteiger charge is 2.42. The fourth-order valence-electron chi connectivity index (χ4n) is 4.05. The lowest BCUT2D eigenvalue weighted by atomic mass is 10.0. The summed E-state index contributed by atoms with van der Waals surface area (Å²) in [6.07, 6.45) is 5.68. The van der Waals surface area contributed by atoms with Crippen LogP contribution in [0.5, 0.6) is 0 Å². The maximum absolute atomic E-state index is 5.82. The van der Waals surface area contributed by atoms with Gasteiger partial charge in [-0.3, -0.25) is 4.98 Å². The Hall–Kier alpha value is -3.51. The van der Waals surface area contributed by atoms with Crippen molar-refractivity contribution in [3.63, 3.8) is 0 Å². The van der Waals surface area contributed by atoms with Gasteiger partial charge in [0.05, 0.1) is 11.7 Å². The second-order valence-corrected chi connectivity index (χ2v) is 7.71. The fourth-order valence-corrected chi connectivity index (χ4v) is 4.40. The molecule has 5 rings (SSSR count). The lowest BCUT2D eigenvalue weighted by Gasteiger charge is -2.29. The van der Waals surface area contributed by atoms with Gasteiger partial charge in [-0.1, -0.05) is 24.3 Å². The lowest BCUT2D eigenvalue weighted by molar-refractivity contribution is 0.548. The normalized spacial score (nSPS) is 18.4. The predicted molar refractivity (Wildman–Crippen MR) is 123 cm³/mol. The van der Waals surface area contributed by atoms with Crippen LogP contribution in [-0.4, -0.2) is 19.6 Å². The van der Waals surface area contributed by atoms with Crippen LogP contribution in [-0.2, 0) is 0 Å². The fraction of sp³-hybridized carbons (Fsp3) is 0.125. The Morgan fingerprint density at radius 1 is 0.900 bits per heavy atom. The Bertz CT molecular complexity index is 1170. The van der Waals surface area contributed by atoms with Crippen molar-refractivity contribution in [1.29, 1.82) is 0 Å². The zero-order valence-corrected chi connectivity index (χ0v) is 17.3. The molecule has 6 heteroatoms. The van der Waals surface area contributed by atoms with Gasteiger partial charge in [-0.2, -0.15) is 0 Å². The number of anilines is 1. The van der Waals surface area contributed by atoms with Crippen LogP contribution in [0.15, 0.2) is 91.4 Å². The summed E-state index contributed by atoms with van der Waals surface area (Å²) in [5, 5.41) is 4.21. The number of rotatable bonds is 4. The van der Waals surface area contributed by atoms with Gasteiger partial charge in [0.2, 0.25) is 0 Å². The largest absolute Gasteiger partial charge is 0.351 e. The Morgan fingerprint density at radius 3 is 2.47 bits per heavy atom. The average Bonchev–Trinajstić information content (AvgIpc) is 3.39. The standard InChI is InChI=1S/C24H21N5S/c1-17-8-6-9-18(16-17)29-23(22(27-24(29)30)19-10-2-4-13-25-19)20-11-7-15-28(20)21-12-3-5-14-26-21/h2-16,22-23H,1H3,(H,27,30)/t22-,23-/m0/s1. The molecule has 4 aromatic rings. The molecular weight excluding hydrogens is 390 g/mol. The van der Waals surface area contributed by atoms with E-state index in [-0.39, 0.29) is 12.1 Å². The molecule has 0 bridgehead atoms. The summed E-state index contributed by atoms with van der Waals surface area (Å²) in [5.74, 6) is 0.874. The monoisotopic (exact) mass is 411 g/mol. The molecule has 5 nitrogen and oxygen atoms in total. The van der Waals surface area contributed by atoms with E-state index in [2.05, 4.69) is 68.1 Å². The first-order chi connectivity index (χ1) is 14.7. The van der Waals surface area contributed by atoms with E-state index in [0.717, 1.165) is 22.9 Å². The Labute approximate surface area is 181 Å². The predicted octanol–water partition coefficient (Wildman–Crippen LogP) is 4.75.